The third-order valence-electron chi connectivity index (χ3n) is 4.13. The molecule has 0 radical (unpaired) electrons. The number of hydrogen-bond donors (Lipinski definition) is 1. The second-order valence-corrected chi connectivity index (χ2v) is 7.01. The molecule has 1 heterocycles. The number of halogens is 2. The standard InChI is InChI=1S/C18H19BrClNO/c19-17-12-16(20)6-7-18(17)22-11-3-9-21-10-8-14-4-1-2-5-15(14)13-21/h1-2,4-7,12H,3,8-11,13H2/p+1. The van der Waals surface area contributed by atoms with E-state index in [-0.39, 0.29) is 0 Å². The Bertz CT molecular complexity index is 647. The van der Waals surface area contributed by atoms with Gasteiger partial charge in [0, 0.05) is 23.4 Å². The minimum atomic E-state index is 0.718. The lowest BCUT2D eigenvalue weighted by Gasteiger charge is -2.25. The number of hydrogen-bond acceptors (Lipinski definition) is 1. The summed E-state index contributed by atoms with van der Waals surface area (Å²) in [6, 6.07) is 14.4. The molecule has 22 heavy (non-hydrogen) atoms. The van der Waals surface area contributed by atoms with Crippen LogP contribution in [0.5, 0.6) is 5.75 Å². The lowest BCUT2D eigenvalue weighted by atomic mass is 10.00. The fourth-order valence-corrected chi connectivity index (χ4v) is 3.75. The Hall–Kier alpha value is -1.03. The van der Waals surface area contributed by atoms with Gasteiger partial charge in [0.15, 0.2) is 0 Å². The zero-order valence-electron chi connectivity index (χ0n) is 12.4. The van der Waals surface area contributed by atoms with Crippen molar-refractivity contribution in [1.82, 2.24) is 0 Å². The van der Waals surface area contributed by atoms with E-state index in [1.807, 2.05) is 18.2 Å². The summed E-state index contributed by atoms with van der Waals surface area (Å²) in [5, 5.41) is 0.718. The molecule has 1 atom stereocenters. The summed E-state index contributed by atoms with van der Waals surface area (Å²) in [5.74, 6) is 0.864. The van der Waals surface area contributed by atoms with Crippen molar-refractivity contribution in [2.75, 3.05) is 19.7 Å². The molecule has 0 saturated carbocycles. The highest BCUT2D eigenvalue weighted by atomic mass is 79.9. The molecular weight excluding hydrogens is 362 g/mol. The van der Waals surface area contributed by atoms with Crippen LogP contribution in [0, 0.1) is 0 Å². The van der Waals surface area contributed by atoms with Crippen molar-refractivity contribution in [2.24, 2.45) is 0 Å². The molecule has 0 spiro atoms. The van der Waals surface area contributed by atoms with Crippen molar-refractivity contribution >= 4 is 27.5 Å². The van der Waals surface area contributed by atoms with Gasteiger partial charge in [-0.25, -0.2) is 0 Å². The van der Waals surface area contributed by atoms with Crippen molar-refractivity contribution in [3.8, 4) is 5.75 Å². The predicted molar refractivity (Wildman–Crippen MR) is 93.8 cm³/mol. The quantitative estimate of drug-likeness (QED) is 0.783. The first-order valence-electron chi connectivity index (χ1n) is 7.70. The minimum absolute atomic E-state index is 0.718. The van der Waals surface area contributed by atoms with Gasteiger partial charge in [-0.2, -0.15) is 0 Å². The molecule has 0 aliphatic carbocycles. The highest BCUT2D eigenvalue weighted by Gasteiger charge is 2.18. The van der Waals surface area contributed by atoms with E-state index in [0.29, 0.717) is 0 Å². The lowest BCUT2D eigenvalue weighted by Crippen LogP contribution is -3.11. The molecule has 1 N–H and O–H groups in total. The molecule has 0 saturated heterocycles. The molecule has 0 amide bonds. The van der Waals surface area contributed by atoms with Gasteiger partial charge in [-0.1, -0.05) is 35.9 Å². The first-order valence-corrected chi connectivity index (χ1v) is 8.87. The Balaban J connectivity index is 1.44. The van der Waals surface area contributed by atoms with Crippen LogP contribution in [-0.4, -0.2) is 19.7 Å². The fraction of sp³-hybridized carbons (Fsp3) is 0.333. The number of fused-ring (bicyclic) bond motifs is 1. The van der Waals surface area contributed by atoms with Gasteiger partial charge in [-0.15, -0.1) is 0 Å². The van der Waals surface area contributed by atoms with Crippen LogP contribution in [0.3, 0.4) is 0 Å². The zero-order chi connectivity index (χ0) is 15.4. The first-order chi connectivity index (χ1) is 10.7. The van der Waals surface area contributed by atoms with Crippen LogP contribution in [0.1, 0.15) is 17.5 Å². The SMILES string of the molecule is Clc1ccc(OCCC[NH+]2CCc3ccccc3C2)c(Br)c1. The van der Waals surface area contributed by atoms with Gasteiger partial charge in [0.05, 0.1) is 24.2 Å². The molecular formula is C18H20BrClNO+. The average Bonchev–Trinajstić information content (AvgIpc) is 2.53. The largest absolute Gasteiger partial charge is 0.492 e. The molecule has 2 aromatic carbocycles. The monoisotopic (exact) mass is 380 g/mol. The van der Waals surface area contributed by atoms with E-state index in [2.05, 4.69) is 40.2 Å². The highest BCUT2D eigenvalue weighted by molar-refractivity contribution is 9.10. The lowest BCUT2D eigenvalue weighted by molar-refractivity contribution is -0.916. The molecule has 1 aliphatic heterocycles. The van der Waals surface area contributed by atoms with Crippen molar-refractivity contribution in [2.45, 2.75) is 19.4 Å². The topological polar surface area (TPSA) is 13.7 Å². The van der Waals surface area contributed by atoms with Crippen molar-refractivity contribution < 1.29 is 9.64 Å². The van der Waals surface area contributed by atoms with Crippen LogP contribution >= 0.6 is 27.5 Å². The Morgan fingerprint density at radius 3 is 2.77 bits per heavy atom. The molecule has 0 aromatic heterocycles. The van der Waals surface area contributed by atoms with E-state index in [0.717, 1.165) is 41.4 Å². The molecule has 3 rings (SSSR count). The summed E-state index contributed by atoms with van der Waals surface area (Å²) in [4.78, 5) is 1.65. The predicted octanol–water partition coefficient (Wildman–Crippen LogP) is 3.51. The van der Waals surface area contributed by atoms with Gasteiger partial charge in [0.25, 0.3) is 0 Å². The number of ether oxygens (including phenoxy) is 1. The Morgan fingerprint density at radius 2 is 1.95 bits per heavy atom. The van der Waals surface area contributed by atoms with Gasteiger partial charge < -0.3 is 9.64 Å². The Labute approximate surface area is 145 Å². The molecule has 2 aromatic rings. The summed E-state index contributed by atoms with van der Waals surface area (Å²) < 4.78 is 6.75. The molecule has 1 unspecified atom stereocenters. The summed E-state index contributed by atoms with van der Waals surface area (Å²) in [6.45, 7) is 4.26. The first kappa shape index (κ1) is 15.9. The zero-order valence-corrected chi connectivity index (χ0v) is 14.8. The van der Waals surface area contributed by atoms with Crippen LogP contribution in [0.4, 0.5) is 0 Å². The van der Waals surface area contributed by atoms with Crippen molar-refractivity contribution in [3.05, 3.63) is 63.1 Å². The van der Waals surface area contributed by atoms with Gasteiger partial charge in [-0.05, 0) is 39.7 Å². The van der Waals surface area contributed by atoms with Gasteiger partial charge in [-0.3, -0.25) is 0 Å². The summed E-state index contributed by atoms with van der Waals surface area (Å²) in [7, 11) is 0. The van der Waals surface area contributed by atoms with Crippen molar-refractivity contribution in [1.29, 1.82) is 0 Å². The van der Waals surface area contributed by atoms with E-state index in [4.69, 9.17) is 16.3 Å². The molecule has 0 bridgehead atoms. The third-order valence-corrected chi connectivity index (χ3v) is 4.99. The maximum atomic E-state index is 5.93. The van der Waals surface area contributed by atoms with E-state index < -0.39 is 0 Å². The molecule has 0 fully saturated rings. The second kappa shape index (κ2) is 7.49. The average molecular weight is 382 g/mol. The summed E-state index contributed by atoms with van der Waals surface area (Å²) in [5.41, 5.74) is 3.03. The maximum absolute atomic E-state index is 5.93. The van der Waals surface area contributed by atoms with Gasteiger partial charge in [0.2, 0.25) is 0 Å². The van der Waals surface area contributed by atoms with E-state index in [1.165, 1.54) is 24.1 Å². The van der Waals surface area contributed by atoms with Crippen molar-refractivity contribution in [3.63, 3.8) is 0 Å². The Morgan fingerprint density at radius 1 is 1.14 bits per heavy atom. The fourth-order valence-electron chi connectivity index (χ4n) is 2.95. The highest BCUT2D eigenvalue weighted by Crippen LogP contribution is 2.27. The number of nitrogens with one attached hydrogen (secondary N) is 1. The number of benzene rings is 2. The molecule has 116 valence electrons. The van der Waals surface area contributed by atoms with E-state index in [9.17, 15) is 0 Å². The number of quaternary nitrogens is 1. The third kappa shape index (κ3) is 4.03. The maximum Gasteiger partial charge on any atom is 0.133 e. The minimum Gasteiger partial charge on any atom is -0.492 e. The van der Waals surface area contributed by atoms with Crippen LogP contribution in [-0.2, 0) is 13.0 Å². The summed E-state index contributed by atoms with van der Waals surface area (Å²) in [6.07, 6.45) is 2.25. The van der Waals surface area contributed by atoms with Gasteiger partial charge >= 0.3 is 0 Å². The smallest absolute Gasteiger partial charge is 0.133 e. The molecule has 1 aliphatic rings. The van der Waals surface area contributed by atoms with Crippen LogP contribution in [0.2, 0.25) is 5.02 Å². The van der Waals surface area contributed by atoms with Crippen LogP contribution in [0.25, 0.3) is 0 Å². The normalized spacial score (nSPS) is 17.1. The van der Waals surface area contributed by atoms with Crippen LogP contribution in [0.15, 0.2) is 46.9 Å². The second-order valence-electron chi connectivity index (χ2n) is 5.72. The Kier molecular flexibility index (Phi) is 5.40. The summed E-state index contributed by atoms with van der Waals surface area (Å²) >= 11 is 9.41. The van der Waals surface area contributed by atoms with E-state index >= 15 is 0 Å². The van der Waals surface area contributed by atoms with Gasteiger partial charge in [0.1, 0.15) is 12.3 Å². The number of rotatable bonds is 5. The molecule has 4 heteroatoms. The van der Waals surface area contributed by atoms with E-state index in [1.54, 1.807) is 4.90 Å². The molecule has 2 nitrogen and oxygen atoms in total. The van der Waals surface area contributed by atoms with Crippen LogP contribution < -0.4 is 9.64 Å².